The number of amides is 1. The Kier molecular flexibility index (Phi) is 6.88. The van der Waals surface area contributed by atoms with E-state index < -0.39 is 0 Å². The summed E-state index contributed by atoms with van der Waals surface area (Å²) in [5.74, 6) is 2.27. The van der Waals surface area contributed by atoms with E-state index in [9.17, 15) is 4.79 Å². The van der Waals surface area contributed by atoms with Crippen LogP contribution in [0, 0.1) is 5.92 Å². The molecule has 0 bridgehead atoms. The average Bonchev–Trinajstić information content (AvgIpc) is 2.62. The Bertz CT molecular complexity index is 616. The molecule has 1 aliphatic heterocycles. The van der Waals surface area contributed by atoms with E-state index in [2.05, 4.69) is 32.0 Å². The largest absolute Gasteiger partial charge is 0.472 e. The molecule has 2 aliphatic rings. The van der Waals surface area contributed by atoms with Crippen LogP contribution in [0.2, 0.25) is 0 Å². The van der Waals surface area contributed by atoms with E-state index in [4.69, 9.17) is 4.74 Å². The van der Waals surface area contributed by atoms with E-state index >= 15 is 0 Å². The van der Waals surface area contributed by atoms with E-state index in [0.717, 1.165) is 50.8 Å². The summed E-state index contributed by atoms with van der Waals surface area (Å²) < 4.78 is 5.79. The Hall–Kier alpha value is -1.89. The molecule has 1 N–H and O–H groups in total. The predicted octanol–water partition coefficient (Wildman–Crippen LogP) is 2.08. The van der Waals surface area contributed by atoms with Gasteiger partial charge in [0.2, 0.25) is 5.91 Å². The SMILES string of the molecule is CC1CCCC(NC(=O)CN2CCN(c3nccnc3OC(C)C)CC2)C1. The standard InChI is InChI=1S/C20H33N5O2/c1-15(2)27-20-19(21-7-8-22-20)25-11-9-24(10-12-25)14-18(26)23-17-6-4-5-16(3)13-17/h7-8,15-17H,4-6,9-14H2,1-3H3,(H,23,26). The zero-order valence-electron chi connectivity index (χ0n) is 16.9. The first kappa shape index (κ1) is 19.9. The summed E-state index contributed by atoms with van der Waals surface area (Å²) in [5.41, 5.74) is 0. The van der Waals surface area contributed by atoms with Gasteiger partial charge in [0.05, 0.1) is 12.6 Å². The quantitative estimate of drug-likeness (QED) is 0.821. The van der Waals surface area contributed by atoms with Gasteiger partial charge in [0.1, 0.15) is 0 Å². The molecular weight excluding hydrogens is 342 g/mol. The number of ether oxygens (including phenoxy) is 1. The van der Waals surface area contributed by atoms with Crippen LogP contribution in [0.3, 0.4) is 0 Å². The van der Waals surface area contributed by atoms with Crippen molar-refractivity contribution in [3.8, 4) is 5.88 Å². The summed E-state index contributed by atoms with van der Waals surface area (Å²) in [4.78, 5) is 25.6. The first-order chi connectivity index (χ1) is 13.0. The van der Waals surface area contributed by atoms with Crippen molar-refractivity contribution in [2.45, 2.75) is 58.6 Å². The van der Waals surface area contributed by atoms with Crippen LogP contribution in [-0.2, 0) is 4.79 Å². The van der Waals surface area contributed by atoms with Crippen LogP contribution in [0.15, 0.2) is 12.4 Å². The van der Waals surface area contributed by atoms with Gasteiger partial charge in [0.25, 0.3) is 5.88 Å². The molecule has 0 radical (unpaired) electrons. The molecule has 0 aromatic carbocycles. The van der Waals surface area contributed by atoms with Crippen molar-refractivity contribution in [2.24, 2.45) is 5.92 Å². The minimum atomic E-state index is 0.0629. The molecule has 3 rings (SSSR count). The second-order valence-electron chi connectivity index (χ2n) is 8.15. The van der Waals surface area contributed by atoms with E-state index in [-0.39, 0.29) is 12.0 Å². The lowest BCUT2D eigenvalue weighted by molar-refractivity contribution is -0.123. The molecule has 1 aliphatic carbocycles. The third-order valence-corrected chi connectivity index (χ3v) is 5.33. The summed E-state index contributed by atoms with van der Waals surface area (Å²) in [6.45, 7) is 10.1. The Labute approximate surface area is 162 Å². The topological polar surface area (TPSA) is 70.6 Å². The molecule has 27 heavy (non-hydrogen) atoms. The molecule has 0 spiro atoms. The van der Waals surface area contributed by atoms with Gasteiger partial charge >= 0.3 is 0 Å². The van der Waals surface area contributed by atoms with Gasteiger partial charge in [-0.2, -0.15) is 0 Å². The normalized spacial score (nSPS) is 24.1. The van der Waals surface area contributed by atoms with Crippen LogP contribution in [-0.4, -0.2) is 65.6 Å². The van der Waals surface area contributed by atoms with Gasteiger partial charge in [0.15, 0.2) is 5.82 Å². The monoisotopic (exact) mass is 375 g/mol. The number of anilines is 1. The van der Waals surface area contributed by atoms with Crippen molar-refractivity contribution in [3.63, 3.8) is 0 Å². The van der Waals surface area contributed by atoms with Gasteiger partial charge in [-0.25, -0.2) is 9.97 Å². The Balaban J connectivity index is 1.47. The third kappa shape index (κ3) is 5.79. The third-order valence-electron chi connectivity index (χ3n) is 5.33. The van der Waals surface area contributed by atoms with Crippen molar-refractivity contribution in [1.82, 2.24) is 20.2 Å². The van der Waals surface area contributed by atoms with Crippen LogP contribution < -0.4 is 15.0 Å². The van der Waals surface area contributed by atoms with E-state index in [1.807, 2.05) is 13.8 Å². The number of aromatic nitrogens is 2. The predicted molar refractivity (Wildman–Crippen MR) is 106 cm³/mol. The van der Waals surface area contributed by atoms with Crippen LogP contribution in [0.1, 0.15) is 46.5 Å². The van der Waals surface area contributed by atoms with E-state index in [0.29, 0.717) is 18.5 Å². The molecule has 2 atom stereocenters. The molecule has 1 amide bonds. The number of nitrogens with one attached hydrogen (secondary N) is 1. The van der Waals surface area contributed by atoms with Gasteiger partial charge in [-0.15, -0.1) is 0 Å². The molecule has 1 saturated carbocycles. The summed E-state index contributed by atoms with van der Waals surface area (Å²) in [6, 6.07) is 0.359. The molecule has 1 aromatic heterocycles. The van der Waals surface area contributed by atoms with Crippen LogP contribution in [0.5, 0.6) is 5.88 Å². The average molecular weight is 376 g/mol. The number of hydrogen-bond acceptors (Lipinski definition) is 6. The number of hydrogen-bond donors (Lipinski definition) is 1. The zero-order valence-corrected chi connectivity index (χ0v) is 16.9. The summed E-state index contributed by atoms with van der Waals surface area (Å²) >= 11 is 0. The highest BCUT2D eigenvalue weighted by molar-refractivity contribution is 5.78. The van der Waals surface area contributed by atoms with Gasteiger partial charge in [-0.3, -0.25) is 9.69 Å². The maximum atomic E-state index is 12.4. The molecule has 1 aromatic rings. The molecular formula is C20H33N5O2. The molecule has 2 heterocycles. The number of piperazine rings is 1. The lowest BCUT2D eigenvalue weighted by Crippen LogP contribution is -2.51. The van der Waals surface area contributed by atoms with Crippen molar-refractivity contribution < 1.29 is 9.53 Å². The van der Waals surface area contributed by atoms with Crippen molar-refractivity contribution in [2.75, 3.05) is 37.6 Å². The number of nitrogens with zero attached hydrogens (tertiary/aromatic N) is 4. The summed E-state index contributed by atoms with van der Waals surface area (Å²) in [6.07, 6.45) is 8.18. The highest BCUT2D eigenvalue weighted by atomic mass is 16.5. The highest BCUT2D eigenvalue weighted by Gasteiger charge is 2.25. The summed E-state index contributed by atoms with van der Waals surface area (Å²) in [5, 5.41) is 3.23. The number of rotatable bonds is 6. The van der Waals surface area contributed by atoms with Gasteiger partial charge < -0.3 is 15.0 Å². The van der Waals surface area contributed by atoms with Crippen LogP contribution >= 0.6 is 0 Å². The molecule has 1 saturated heterocycles. The van der Waals surface area contributed by atoms with Gasteiger partial charge in [-0.1, -0.05) is 19.8 Å². The Morgan fingerprint density at radius 1 is 1.22 bits per heavy atom. The molecule has 7 nitrogen and oxygen atoms in total. The number of carbonyl (C=O) groups is 1. The first-order valence-electron chi connectivity index (χ1n) is 10.3. The van der Waals surface area contributed by atoms with Crippen LogP contribution in [0.4, 0.5) is 5.82 Å². The van der Waals surface area contributed by atoms with Crippen molar-refractivity contribution >= 4 is 11.7 Å². The van der Waals surface area contributed by atoms with Crippen LogP contribution in [0.25, 0.3) is 0 Å². The lowest BCUT2D eigenvalue weighted by atomic mass is 9.87. The fraction of sp³-hybridized carbons (Fsp3) is 0.750. The minimum Gasteiger partial charge on any atom is -0.472 e. The summed E-state index contributed by atoms with van der Waals surface area (Å²) in [7, 11) is 0. The number of carbonyl (C=O) groups excluding carboxylic acids is 1. The maximum absolute atomic E-state index is 12.4. The van der Waals surface area contributed by atoms with Crippen molar-refractivity contribution in [3.05, 3.63) is 12.4 Å². The first-order valence-corrected chi connectivity index (χ1v) is 10.3. The second kappa shape index (κ2) is 9.35. The highest BCUT2D eigenvalue weighted by Crippen LogP contribution is 2.25. The van der Waals surface area contributed by atoms with E-state index in [1.165, 1.54) is 12.8 Å². The minimum absolute atomic E-state index is 0.0629. The Morgan fingerprint density at radius 2 is 1.96 bits per heavy atom. The molecule has 150 valence electrons. The molecule has 2 unspecified atom stereocenters. The van der Waals surface area contributed by atoms with Gasteiger partial charge in [0, 0.05) is 44.6 Å². The maximum Gasteiger partial charge on any atom is 0.257 e. The van der Waals surface area contributed by atoms with E-state index in [1.54, 1.807) is 12.4 Å². The smallest absolute Gasteiger partial charge is 0.257 e. The zero-order chi connectivity index (χ0) is 19.2. The Morgan fingerprint density at radius 3 is 2.67 bits per heavy atom. The lowest BCUT2D eigenvalue weighted by Gasteiger charge is -2.35. The molecule has 2 fully saturated rings. The molecule has 7 heteroatoms. The second-order valence-corrected chi connectivity index (χ2v) is 8.15. The fourth-order valence-electron chi connectivity index (χ4n) is 4.00. The van der Waals surface area contributed by atoms with Gasteiger partial charge in [-0.05, 0) is 32.6 Å². The fourth-order valence-corrected chi connectivity index (χ4v) is 4.00. The van der Waals surface area contributed by atoms with Crippen molar-refractivity contribution in [1.29, 1.82) is 0 Å².